The number of carbonyl (C=O) groups is 1. The van der Waals surface area contributed by atoms with Crippen LogP contribution in [0.2, 0.25) is 0 Å². The van der Waals surface area contributed by atoms with Gasteiger partial charge in [0.1, 0.15) is 10.8 Å². The van der Waals surface area contributed by atoms with Gasteiger partial charge in [0.2, 0.25) is 0 Å². The predicted molar refractivity (Wildman–Crippen MR) is 105 cm³/mol. The van der Waals surface area contributed by atoms with Crippen LogP contribution in [-0.2, 0) is 11.3 Å². The van der Waals surface area contributed by atoms with Crippen LogP contribution in [0.3, 0.4) is 0 Å². The van der Waals surface area contributed by atoms with E-state index in [1.165, 1.54) is 5.56 Å². The van der Waals surface area contributed by atoms with Crippen LogP contribution in [0.4, 0.5) is 0 Å². The quantitative estimate of drug-likeness (QED) is 0.698. The molecule has 2 aromatic carbocycles. The Balaban J connectivity index is 1.63. The summed E-state index contributed by atoms with van der Waals surface area (Å²) in [6.45, 7) is 6.26. The molecule has 0 radical (unpaired) electrons. The smallest absolute Gasteiger partial charge is 0.261 e. The summed E-state index contributed by atoms with van der Waals surface area (Å²) in [6, 6.07) is 17.5. The maximum atomic E-state index is 12.3. The highest BCUT2D eigenvalue weighted by molar-refractivity contribution is 7.15. The molecule has 1 amide bonds. The summed E-state index contributed by atoms with van der Waals surface area (Å²) in [4.78, 5) is 18.0. The van der Waals surface area contributed by atoms with Gasteiger partial charge >= 0.3 is 0 Å². The third kappa shape index (κ3) is 4.29. The van der Waals surface area contributed by atoms with Gasteiger partial charge in [-0.05, 0) is 38.5 Å². The van der Waals surface area contributed by atoms with Gasteiger partial charge in [-0.1, -0.05) is 42.5 Å². The summed E-state index contributed by atoms with van der Waals surface area (Å²) >= 11 is 1.62. The van der Waals surface area contributed by atoms with Crippen LogP contribution in [-0.4, -0.2) is 17.0 Å². The Morgan fingerprint density at radius 1 is 1.12 bits per heavy atom. The average Bonchev–Trinajstić information content (AvgIpc) is 3.01. The molecular weight excluding hydrogens is 344 g/mol. The molecule has 5 heteroatoms. The number of thiazole rings is 1. The van der Waals surface area contributed by atoms with Crippen molar-refractivity contribution in [3.05, 3.63) is 70.7 Å². The average molecular weight is 366 g/mol. The fourth-order valence-electron chi connectivity index (χ4n) is 2.59. The summed E-state index contributed by atoms with van der Waals surface area (Å²) in [7, 11) is 0. The number of hydrogen-bond donors (Lipinski definition) is 1. The summed E-state index contributed by atoms with van der Waals surface area (Å²) in [5, 5.41) is 3.93. The van der Waals surface area contributed by atoms with E-state index in [4.69, 9.17) is 4.74 Å². The highest BCUT2D eigenvalue weighted by Crippen LogP contribution is 2.30. The molecule has 1 atom stereocenters. The Morgan fingerprint density at radius 2 is 1.81 bits per heavy atom. The molecule has 1 N–H and O–H groups in total. The molecular formula is C21H22N2O2S. The summed E-state index contributed by atoms with van der Waals surface area (Å²) < 4.78 is 5.66. The van der Waals surface area contributed by atoms with Crippen molar-refractivity contribution >= 4 is 17.2 Å². The van der Waals surface area contributed by atoms with E-state index in [9.17, 15) is 4.79 Å². The molecule has 0 saturated heterocycles. The van der Waals surface area contributed by atoms with Crippen LogP contribution in [0.25, 0.3) is 10.6 Å². The SMILES string of the molecule is Cc1ccccc1-c1nc(C)c(CNC(=O)C(C)Oc2ccccc2)s1. The molecule has 1 unspecified atom stereocenters. The van der Waals surface area contributed by atoms with Gasteiger partial charge in [0.25, 0.3) is 5.91 Å². The van der Waals surface area contributed by atoms with Crippen molar-refractivity contribution < 1.29 is 9.53 Å². The first-order valence-electron chi connectivity index (χ1n) is 8.56. The third-order valence-corrected chi connectivity index (χ3v) is 5.31. The third-order valence-electron chi connectivity index (χ3n) is 4.12. The van der Waals surface area contributed by atoms with Crippen molar-refractivity contribution in [2.75, 3.05) is 0 Å². The molecule has 3 rings (SSSR count). The Labute approximate surface area is 157 Å². The Hall–Kier alpha value is -2.66. The van der Waals surface area contributed by atoms with E-state index in [0.717, 1.165) is 21.1 Å². The number of rotatable bonds is 6. The zero-order valence-corrected chi connectivity index (χ0v) is 16.0. The molecule has 3 aromatic rings. The Kier molecular flexibility index (Phi) is 5.68. The number of hydrogen-bond acceptors (Lipinski definition) is 4. The van der Waals surface area contributed by atoms with E-state index in [2.05, 4.69) is 29.4 Å². The lowest BCUT2D eigenvalue weighted by molar-refractivity contribution is -0.127. The van der Waals surface area contributed by atoms with Gasteiger partial charge in [-0.25, -0.2) is 4.98 Å². The lowest BCUT2D eigenvalue weighted by Gasteiger charge is -2.14. The summed E-state index contributed by atoms with van der Waals surface area (Å²) in [6.07, 6.45) is -0.554. The zero-order valence-electron chi connectivity index (χ0n) is 15.2. The molecule has 1 heterocycles. The van der Waals surface area contributed by atoms with Gasteiger partial charge in [-0.2, -0.15) is 0 Å². The molecule has 0 aliphatic heterocycles. The highest BCUT2D eigenvalue weighted by atomic mass is 32.1. The van der Waals surface area contributed by atoms with Crippen molar-refractivity contribution in [1.29, 1.82) is 0 Å². The fraction of sp³-hybridized carbons (Fsp3) is 0.238. The second kappa shape index (κ2) is 8.15. The van der Waals surface area contributed by atoms with Crippen molar-refractivity contribution in [3.8, 4) is 16.3 Å². The first-order chi connectivity index (χ1) is 12.5. The minimum Gasteiger partial charge on any atom is -0.481 e. The molecule has 26 heavy (non-hydrogen) atoms. The molecule has 134 valence electrons. The molecule has 4 nitrogen and oxygen atoms in total. The first-order valence-corrected chi connectivity index (χ1v) is 9.38. The minimum absolute atomic E-state index is 0.140. The number of aryl methyl sites for hydroxylation is 2. The van der Waals surface area contributed by atoms with Crippen LogP contribution in [0, 0.1) is 13.8 Å². The molecule has 0 fully saturated rings. The van der Waals surface area contributed by atoms with Crippen LogP contribution < -0.4 is 10.1 Å². The molecule has 0 aliphatic carbocycles. The number of carbonyl (C=O) groups excluding carboxylic acids is 1. The van der Waals surface area contributed by atoms with Gasteiger partial charge in [0, 0.05) is 10.4 Å². The number of para-hydroxylation sites is 1. The maximum Gasteiger partial charge on any atom is 0.261 e. The van der Waals surface area contributed by atoms with E-state index in [1.807, 2.05) is 49.4 Å². The van der Waals surface area contributed by atoms with Gasteiger partial charge in [0.15, 0.2) is 6.10 Å². The maximum absolute atomic E-state index is 12.3. The van der Waals surface area contributed by atoms with Crippen molar-refractivity contribution in [2.45, 2.75) is 33.4 Å². The molecule has 1 aromatic heterocycles. The van der Waals surface area contributed by atoms with E-state index in [0.29, 0.717) is 12.3 Å². The van der Waals surface area contributed by atoms with Crippen molar-refractivity contribution in [1.82, 2.24) is 10.3 Å². The molecule has 0 bridgehead atoms. The second-order valence-electron chi connectivity index (χ2n) is 6.13. The van der Waals surface area contributed by atoms with Crippen molar-refractivity contribution in [2.24, 2.45) is 0 Å². The Bertz CT molecular complexity index is 890. The largest absolute Gasteiger partial charge is 0.481 e. The normalized spacial score (nSPS) is 11.8. The lowest BCUT2D eigenvalue weighted by Crippen LogP contribution is -2.35. The van der Waals surface area contributed by atoms with Crippen LogP contribution in [0.15, 0.2) is 54.6 Å². The number of nitrogens with one attached hydrogen (secondary N) is 1. The van der Waals surface area contributed by atoms with E-state index < -0.39 is 6.10 Å². The van der Waals surface area contributed by atoms with E-state index in [1.54, 1.807) is 18.3 Å². The highest BCUT2D eigenvalue weighted by Gasteiger charge is 2.16. The summed E-state index contributed by atoms with van der Waals surface area (Å²) in [5.74, 6) is 0.546. The second-order valence-corrected chi connectivity index (χ2v) is 7.22. The first kappa shape index (κ1) is 18.1. The number of ether oxygens (including phenoxy) is 1. The lowest BCUT2D eigenvalue weighted by atomic mass is 10.1. The van der Waals surface area contributed by atoms with Crippen LogP contribution in [0.5, 0.6) is 5.75 Å². The van der Waals surface area contributed by atoms with E-state index in [-0.39, 0.29) is 5.91 Å². The fourth-order valence-corrected chi connectivity index (χ4v) is 3.68. The predicted octanol–water partition coefficient (Wildman–Crippen LogP) is 4.51. The minimum atomic E-state index is -0.554. The molecule has 0 spiro atoms. The topological polar surface area (TPSA) is 51.2 Å². The number of benzene rings is 2. The van der Waals surface area contributed by atoms with Crippen molar-refractivity contribution in [3.63, 3.8) is 0 Å². The van der Waals surface area contributed by atoms with Gasteiger partial charge in [-0.3, -0.25) is 4.79 Å². The Morgan fingerprint density at radius 3 is 2.54 bits per heavy atom. The summed E-state index contributed by atoms with van der Waals surface area (Å²) in [5.41, 5.74) is 3.28. The number of aromatic nitrogens is 1. The van der Waals surface area contributed by atoms with Crippen LogP contribution in [0.1, 0.15) is 23.1 Å². The molecule has 0 saturated carbocycles. The number of nitrogens with zero attached hydrogens (tertiary/aromatic N) is 1. The van der Waals surface area contributed by atoms with Gasteiger partial charge < -0.3 is 10.1 Å². The van der Waals surface area contributed by atoms with Gasteiger partial charge in [0.05, 0.1) is 12.2 Å². The standard InChI is InChI=1S/C21H22N2O2S/c1-14-9-7-8-12-18(14)21-23-15(2)19(26-21)13-22-20(24)16(3)25-17-10-5-4-6-11-17/h4-12,16H,13H2,1-3H3,(H,22,24). The van der Waals surface area contributed by atoms with Crippen LogP contribution >= 0.6 is 11.3 Å². The monoisotopic (exact) mass is 366 g/mol. The number of amides is 1. The zero-order chi connectivity index (χ0) is 18.5. The van der Waals surface area contributed by atoms with Gasteiger partial charge in [-0.15, -0.1) is 11.3 Å². The van der Waals surface area contributed by atoms with E-state index >= 15 is 0 Å². The molecule has 0 aliphatic rings.